The second-order valence-electron chi connectivity index (χ2n) is 16.1. The van der Waals surface area contributed by atoms with Crippen LogP contribution in [-0.4, -0.2) is 0 Å². The number of nitrogens with zero attached hydrogens (tertiary/aromatic N) is 3. The average molecular weight is 774 g/mol. The molecule has 286 valence electrons. The van der Waals surface area contributed by atoms with Gasteiger partial charge in [0.1, 0.15) is 22.8 Å². The maximum atomic E-state index is 10.4. The monoisotopic (exact) mass is 773 g/mol. The summed E-state index contributed by atoms with van der Waals surface area (Å²) in [5, 5.41) is 18.5. The lowest BCUT2D eigenvalue weighted by molar-refractivity contribution is 0.662. The van der Waals surface area contributed by atoms with Crippen LogP contribution in [-0.2, 0) is 0 Å². The highest BCUT2D eigenvalue weighted by atomic mass is 16.3. The van der Waals surface area contributed by atoms with Gasteiger partial charge in [-0.2, -0.15) is 5.26 Å². The second-order valence-corrected chi connectivity index (χ2v) is 16.1. The van der Waals surface area contributed by atoms with Crippen LogP contribution < -0.4 is 9.80 Å². The Balaban J connectivity index is 1.08. The highest BCUT2D eigenvalue weighted by Crippen LogP contribution is 2.45. The molecule has 0 aliphatic heterocycles. The van der Waals surface area contributed by atoms with Crippen LogP contribution in [0.3, 0.4) is 0 Å². The quantitative estimate of drug-likeness (QED) is 0.168. The zero-order valence-electron chi connectivity index (χ0n) is 33.7. The van der Waals surface area contributed by atoms with Gasteiger partial charge in [-0.15, -0.1) is 0 Å². The highest BCUT2D eigenvalue weighted by molar-refractivity contribution is 6.28. The molecule has 0 saturated carbocycles. The summed E-state index contributed by atoms with van der Waals surface area (Å²) in [6.07, 6.45) is 0. The Hall–Kier alpha value is -7.81. The Bertz CT molecular complexity index is 3520. The van der Waals surface area contributed by atoms with E-state index >= 15 is 0 Å². The first kappa shape index (κ1) is 35.4. The van der Waals surface area contributed by atoms with E-state index < -0.39 is 0 Å². The predicted molar refractivity (Wildman–Crippen MR) is 249 cm³/mol. The lowest BCUT2D eigenvalue weighted by atomic mass is 9.99. The normalized spacial score (nSPS) is 11.7. The third-order valence-corrected chi connectivity index (χ3v) is 11.7. The number of rotatable bonds is 6. The van der Waals surface area contributed by atoms with Crippen LogP contribution in [0.4, 0.5) is 34.1 Å². The van der Waals surface area contributed by atoms with Gasteiger partial charge >= 0.3 is 0 Å². The summed E-state index contributed by atoms with van der Waals surface area (Å²) >= 11 is 0. The lowest BCUT2D eigenvalue weighted by Gasteiger charge is -2.26. The van der Waals surface area contributed by atoms with E-state index in [1.807, 2.05) is 18.2 Å². The zero-order valence-corrected chi connectivity index (χ0v) is 33.7. The summed E-state index contributed by atoms with van der Waals surface area (Å²) in [5.41, 5.74) is 14.5. The number of nitriles is 1. The van der Waals surface area contributed by atoms with Crippen molar-refractivity contribution in [1.29, 1.82) is 5.26 Å². The van der Waals surface area contributed by atoms with Gasteiger partial charge in [0.15, 0.2) is 5.58 Å². The largest absolute Gasteiger partial charge is 0.456 e. The van der Waals surface area contributed by atoms with Crippen LogP contribution in [0.2, 0.25) is 0 Å². The molecule has 5 heteroatoms. The van der Waals surface area contributed by atoms with E-state index in [0.717, 1.165) is 88.4 Å². The number of benzene rings is 9. The van der Waals surface area contributed by atoms with Gasteiger partial charge in [0.25, 0.3) is 0 Å². The molecular formula is C55H39N3O2. The minimum absolute atomic E-state index is 0.446. The summed E-state index contributed by atoms with van der Waals surface area (Å²) < 4.78 is 13.3. The van der Waals surface area contributed by atoms with Crippen molar-refractivity contribution in [2.45, 2.75) is 27.7 Å². The first-order chi connectivity index (χ1) is 29.3. The van der Waals surface area contributed by atoms with Crippen molar-refractivity contribution in [2.24, 2.45) is 0 Å². The van der Waals surface area contributed by atoms with Gasteiger partial charge in [-0.1, -0.05) is 60.7 Å². The predicted octanol–water partition coefficient (Wildman–Crippen LogP) is 15.8. The van der Waals surface area contributed by atoms with E-state index in [1.54, 1.807) is 0 Å². The molecule has 0 N–H and O–H groups in total. The smallest absolute Gasteiger partial charge is 0.154 e. The molecule has 2 aromatic heterocycles. The molecule has 11 aromatic rings. The number of aryl methyl sites for hydroxylation is 4. The van der Waals surface area contributed by atoms with E-state index in [0.29, 0.717) is 16.7 Å². The molecule has 60 heavy (non-hydrogen) atoms. The summed E-state index contributed by atoms with van der Waals surface area (Å²) in [4.78, 5) is 4.60. The summed E-state index contributed by atoms with van der Waals surface area (Å²) in [6.45, 7) is 8.56. The molecule has 0 aliphatic carbocycles. The molecule has 2 heterocycles. The molecule has 0 amide bonds. The van der Waals surface area contributed by atoms with Crippen molar-refractivity contribution in [3.05, 3.63) is 192 Å². The Morgan fingerprint density at radius 3 is 1.33 bits per heavy atom. The summed E-state index contributed by atoms with van der Waals surface area (Å²) in [5.74, 6) is 0. The van der Waals surface area contributed by atoms with Crippen LogP contribution in [0.1, 0.15) is 27.8 Å². The van der Waals surface area contributed by atoms with E-state index in [4.69, 9.17) is 8.83 Å². The van der Waals surface area contributed by atoms with Gasteiger partial charge in [0.05, 0.1) is 5.56 Å². The zero-order chi connectivity index (χ0) is 40.6. The maximum absolute atomic E-state index is 10.4. The highest BCUT2D eigenvalue weighted by Gasteiger charge is 2.22. The fourth-order valence-electron chi connectivity index (χ4n) is 9.24. The second kappa shape index (κ2) is 13.7. The Labute approximate surface area is 347 Å². The number of hydrogen-bond acceptors (Lipinski definition) is 5. The summed E-state index contributed by atoms with van der Waals surface area (Å²) in [6, 6.07) is 60.4. The Morgan fingerprint density at radius 2 is 0.850 bits per heavy atom. The van der Waals surface area contributed by atoms with Crippen LogP contribution in [0.15, 0.2) is 173 Å². The first-order valence-electron chi connectivity index (χ1n) is 20.3. The number of para-hydroxylation sites is 2. The van der Waals surface area contributed by atoms with Crippen molar-refractivity contribution in [1.82, 2.24) is 0 Å². The van der Waals surface area contributed by atoms with Crippen molar-refractivity contribution in [3.63, 3.8) is 0 Å². The molecule has 11 rings (SSSR count). The van der Waals surface area contributed by atoms with Crippen molar-refractivity contribution in [3.8, 4) is 6.07 Å². The molecule has 0 unspecified atom stereocenters. The molecule has 0 fully saturated rings. The molecule has 5 nitrogen and oxygen atoms in total. The first-order valence-corrected chi connectivity index (χ1v) is 20.3. The van der Waals surface area contributed by atoms with Gasteiger partial charge in [0.2, 0.25) is 0 Å². The molecule has 0 saturated heterocycles. The van der Waals surface area contributed by atoms with E-state index in [2.05, 4.69) is 189 Å². The Morgan fingerprint density at radius 1 is 0.383 bits per heavy atom. The number of anilines is 6. The number of furan rings is 2. The molecular weight excluding hydrogens is 735 g/mol. The summed E-state index contributed by atoms with van der Waals surface area (Å²) in [7, 11) is 0. The van der Waals surface area contributed by atoms with Gasteiger partial charge in [-0.25, -0.2) is 0 Å². The van der Waals surface area contributed by atoms with E-state index in [1.165, 1.54) is 22.3 Å². The lowest BCUT2D eigenvalue weighted by Crippen LogP contribution is -2.10. The van der Waals surface area contributed by atoms with Crippen LogP contribution in [0.25, 0.3) is 65.4 Å². The van der Waals surface area contributed by atoms with Crippen LogP contribution in [0, 0.1) is 39.0 Å². The van der Waals surface area contributed by atoms with Gasteiger partial charge in [-0.3, -0.25) is 0 Å². The fourth-order valence-corrected chi connectivity index (χ4v) is 9.24. The van der Waals surface area contributed by atoms with Crippen molar-refractivity contribution < 1.29 is 8.83 Å². The minimum Gasteiger partial charge on any atom is -0.456 e. The topological polar surface area (TPSA) is 56.6 Å². The molecule has 0 bridgehead atoms. The van der Waals surface area contributed by atoms with E-state index in [-0.39, 0.29) is 0 Å². The molecule has 0 radical (unpaired) electrons. The fraction of sp³-hybridized carbons (Fsp3) is 0.0727. The third-order valence-electron chi connectivity index (χ3n) is 11.7. The number of fused-ring (bicyclic) bond motifs is 9. The average Bonchev–Trinajstić information content (AvgIpc) is 3.78. The molecule has 0 spiro atoms. The van der Waals surface area contributed by atoms with Crippen molar-refractivity contribution in [2.75, 3.05) is 9.80 Å². The number of hydrogen-bond donors (Lipinski definition) is 0. The SMILES string of the molecule is Cc1cc(C)cc(N(c2ccccc2)c2ccc3cc4c(cc3c2)oc2cc(C#N)c3oc5cc6cc(N(c7ccccc7)c7cc(C)cc(C)c7)ccc6cc5c3c24)c1. The van der Waals surface area contributed by atoms with Crippen LogP contribution >= 0.6 is 0 Å². The maximum Gasteiger partial charge on any atom is 0.154 e. The van der Waals surface area contributed by atoms with Crippen LogP contribution in [0.5, 0.6) is 0 Å². The standard InChI is InChI=1S/C55H39N3O2/c1-33-19-34(2)22-46(21-33)57(42-11-7-5-8-12-42)44-17-15-37-27-48-50(29-39(37)25-44)59-52-31-41(32-56)55-54(53(48)52)49-28-38-16-18-45(26-40(38)30-51(49)60-55)58(43-13-9-6-10-14-43)47-23-35(3)20-36(4)24-47/h5-31H,1-4H3. The van der Waals surface area contributed by atoms with Gasteiger partial charge < -0.3 is 18.6 Å². The molecule has 9 aromatic carbocycles. The molecule has 0 atom stereocenters. The van der Waals surface area contributed by atoms with Crippen molar-refractivity contribution >= 4 is 99.5 Å². The third kappa shape index (κ3) is 5.84. The van der Waals surface area contributed by atoms with Gasteiger partial charge in [-0.05, 0) is 169 Å². The minimum atomic E-state index is 0.446. The van der Waals surface area contributed by atoms with E-state index in [9.17, 15) is 5.26 Å². The molecule has 0 aliphatic rings. The van der Waals surface area contributed by atoms with Gasteiger partial charge in [0, 0.05) is 61.7 Å². The Kier molecular flexibility index (Phi) is 8.05.